The third kappa shape index (κ3) is 3.54. The summed E-state index contributed by atoms with van der Waals surface area (Å²) in [5.74, 6) is -3.41. The monoisotopic (exact) mass is 389 g/mol. The highest BCUT2D eigenvalue weighted by Gasteiger charge is 2.36. The maximum atomic E-state index is 14.5. The molecule has 1 fully saturated rings. The summed E-state index contributed by atoms with van der Waals surface area (Å²) < 4.78 is 45.7. The van der Waals surface area contributed by atoms with Gasteiger partial charge in [0.1, 0.15) is 12.4 Å². The smallest absolute Gasteiger partial charge is 0.415 e. The second-order valence-corrected chi connectivity index (χ2v) is 6.99. The van der Waals surface area contributed by atoms with Crippen LogP contribution in [0.1, 0.15) is 30.5 Å². The van der Waals surface area contributed by atoms with E-state index >= 15 is 0 Å². The number of hydrogen-bond donors (Lipinski definition) is 1. The van der Waals surface area contributed by atoms with Gasteiger partial charge >= 0.3 is 6.09 Å². The van der Waals surface area contributed by atoms with Crippen molar-refractivity contribution in [2.75, 3.05) is 11.5 Å². The van der Waals surface area contributed by atoms with Gasteiger partial charge in [-0.3, -0.25) is 4.90 Å². The number of H-pyrrole nitrogens is 1. The number of aromatic amines is 1. The molecule has 0 spiro atoms. The first-order valence-electron chi connectivity index (χ1n) is 8.87. The number of halogens is 3. The Labute approximate surface area is 159 Å². The molecule has 146 valence electrons. The van der Waals surface area contributed by atoms with Crippen molar-refractivity contribution >= 4 is 22.8 Å². The summed E-state index contributed by atoms with van der Waals surface area (Å²) in [6, 6.07) is 9.23. The zero-order valence-electron chi connectivity index (χ0n) is 15.1. The number of imidazole rings is 1. The predicted octanol–water partition coefficient (Wildman–Crippen LogP) is 4.99. The number of aryl methyl sites for hydroxylation is 1. The molecule has 2 aromatic carbocycles. The topological polar surface area (TPSA) is 58.2 Å². The minimum absolute atomic E-state index is 0.0603. The number of alkyl halides is 2. The van der Waals surface area contributed by atoms with E-state index in [-0.39, 0.29) is 18.6 Å². The van der Waals surface area contributed by atoms with Gasteiger partial charge in [-0.25, -0.2) is 22.9 Å². The van der Waals surface area contributed by atoms with Gasteiger partial charge in [-0.15, -0.1) is 0 Å². The Morgan fingerprint density at radius 1 is 1.29 bits per heavy atom. The zero-order valence-corrected chi connectivity index (χ0v) is 15.1. The third-order valence-corrected chi connectivity index (χ3v) is 4.85. The van der Waals surface area contributed by atoms with E-state index in [0.717, 1.165) is 12.4 Å². The van der Waals surface area contributed by atoms with E-state index in [1.165, 1.54) is 17.0 Å². The average Bonchev–Trinajstić information content (AvgIpc) is 3.25. The first-order chi connectivity index (χ1) is 13.3. The van der Waals surface area contributed by atoms with E-state index in [2.05, 4.69) is 9.97 Å². The van der Waals surface area contributed by atoms with Crippen LogP contribution < -0.4 is 4.90 Å². The lowest BCUT2D eigenvalue weighted by atomic mass is 10.0. The van der Waals surface area contributed by atoms with Crippen molar-refractivity contribution in [1.29, 1.82) is 0 Å². The summed E-state index contributed by atoms with van der Waals surface area (Å²) in [6.07, 6.45) is 0.539. The fraction of sp³-hybridized carbons (Fsp3) is 0.300. The van der Waals surface area contributed by atoms with Crippen LogP contribution in [0.15, 0.2) is 42.7 Å². The number of anilines is 1. The molecule has 0 bridgehead atoms. The van der Waals surface area contributed by atoms with Gasteiger partial charge in [-0.1, -0.05) is 12.1 Å². The zero-order chi connectivity index (χ0) is 19.9. The molecule has 3 aromatic rings. The molecule has 0 radical (unpaired) electrons. The average molecular weight is 389 g/mol. The highest BCUT2D eigenvalue weighted by molar-refractivity contribution is 5.93. The lowest BCUT2D eigenvalue weighted by Crippen LogP contribution is -2.27. The van der Waals surface area contributed by atoms with Crippen molar-refractivity contribution in [3.8, 4) is 0 Å². The number of nitrogens with zero attached hydrogens (tertiary/aromatic N) is 2. The van der Waals surface area contributed by atoms with Gasteiger partial charge in [0.15, 0.2) is 0 Å². The molecule has 1 atom stereocenters. The van der Waals surface area contributed by atoms with Crippen LogP contribution in [0.5, 0.6) is 0 Å². The lowest BCUT2D eigenvalue weighted by Gasteiger charge is -2.22. The maximum Gasteiger partial charge on any atom is 0.415 e. The second-order valence-electron chi connectivity index (χ2n) is 6.99. The van der Waals surface area contributed by atoms with E-state index in [9.17, 15) is 18.0 Å². The molecule has 1 saturated heterocycles. The van der Waals surface area contributed by atoms with Gasteiger partial charge in [0.05, 0.1) is 29.1 Å². The molecule has 5 nitrogen and oxygen atoms in total. The summed E-state index contributed by atoms with van der Waals surface area (Å²) in [6.45, 7) is 0.887. The van der Waals surface area contributed by atoms with Crippen molar-refractivity contribution in [1.82, 2.24) is 9.97 Å². The van der Waals surface area contributed by atoms with Gasteiger partial charge in [-0.05, 0) is 48.7 Å². The molecular formula is C20H18F3N3O2. The number of nitrogens with one attached hydrogen (secondary N) is 1. The molecule has 1 amide bonds. The fourth-order valence-corrected chi connectivity index (χ4v) is 3.35. The SMILES string of the molecule is CC(F)(F)CCc1ccc([C@H]2COC(=O)N2c2ccc3[nH]cnc3c2)cc1F. The van der Waals surface area contributed by atoms with Crippen LogP contribution in [0.25, 0.3) is 11.0 Å². The first-order valence-corrected chi connectivity index (χ1v) is 8.87. The van der Waals surface area contributed by atoms with Crippen LogP contribution in [0.3, 0.4) is 0 Å². The molecule has 0 saturated carbocycles. The number of fused-ring (bicyclic) bond motifs is 1. The summed E-state index contributed by atoms with van der Waals surface area (Å²) in [4.78, 5) is 20.9. The van der Waals surface area contributed by atoms with E-state index < -0.39 is 30.3 Å². The van der Waals surface area contributed by atoms with Crippen LogP contribution in [0.4, 0.5) is 23.7 Å². The van der Waals surface area contributed by atoms with Gasteiger partial charge in [-0.2, -0.15) is 0 Å². The van der Waals surface area contributed by atoms with Crippen LogP contribution in [-0.4, -0.2) is 28.6 Å². The number of hydrogen-bond acceptors (Lipinski definition) is 3. The molecule has 1 aromatic heterocycles. The Morgan fingerprint density at radius 3 is 2.86 bits per heavy atom. The molecule has 28 heavy (non-hydrogen) atoms. The Bertz CT molecular complexity index is 1030. The van der Waals surface area contributed by atoms with E-state index in [1.54, 1.807) is 30.6 Å². The Balaban J connectivity index is 1.62. The van der Waals surface area contributed by atoms with Crippen LogP contribution >= 0.6 is 0 Å². The second kappa shape index (κ2) is 6.85. The third-order valence-electron chi connectivity index (χ3n) is 4.85. The van der Waals surface area contributed by atoms with Crippen LogP contribution in [-0.2, 0) is 11.2 Å². The predicted molar refractivity (Wildman–Crippen MR) is 98.0 cm³/mol. The number of aromatic nitrogens is 2. The van der Waals surface area contributed by atoms with Crippen molar-refractivity contribution in [2.45, 2.75) is 31.7 Å². The molecule has 2 heterocycles. The molecule has 0 aliphatic carbocycles. The lowest BCUT2D eigenvalue weighted by molar-refractivity contribution is 0.0131. The summed E-state index contributed by atoms with van der Waals surface area (Å²) >= 11 is 0. The number of ether oxygens (including phenoxy) is 1. The fourth-order valence-electron chi connectivity index (χ4n) is 3.35. The summed E-state index contributed by atoms with van der Waals surface area (Å²) in [5, 5.41) is 0. The van der Waals surface area contributed by atoms with Crippen molar-refractivity contribution in [2.24, 2.45) is 0 Å². The van der Waals surface area contributed by atoms with Crippen molar-refractivity contribution < 1.29 is 22.7 Å². The number of carbonyl (C=O) groups excluding carboxylic acids is 1. The van der Waals surface area contributed by atoms with Gasteiger partial charge < -0.3 is 9.72 Å². The molecule has 1 N–H and O–H groups in total. The van der Waals surface area contributed by atoms with Gasteiger partial charge in [0.2, 0.25) is 5.92 Å². The van der Waals surface area contributed by atoms with Crippen LogP contribution in [0.2, 0.25) is 0 Å². The van der Waals surface area contributed by atoms with E-state index in [4.69, 9.17) is 4.74 Å². The number of benzene rings is 2. The highest BCUT2D eigenvalue weighted by Crippen LogP contribution is 2.35. The standard InChI is InChI=1S/C20H18F3N3O2/c1-20(22,23)7-6-12-2-3-13(8-15(12)21)18-10-28-19(27)26(18)14-4-5-16-17(9-14)25-11-24-16/h2-5,8-9,11,18H,6-7,10H2,1H3,(H,24,25)/t18-/m1/s1. The van der Waals surface area contributed by atoms with E-state index in [1.807, 2.05) is 0 Å². The maximum absolute atomic E-state index is 14.5. The Hall–Kier alpha value is -3.03. The number of rotatable bonds is 5. The minimum Gasteiger partial charge on any atom is -0.447 e. The number of amides is 1. The first kappa shape index (κ1) is 18.3. The van der Waals surface area contributed by atoms with Crippen molar-refractivity contribution in [3.05, 3.63) is 59.7 Å². The normalized spacial score (nSPS) is 17.4. The summed E-state index contributed by atoms with van der Waals surface area (Å²) in [5.41, 5.74) is 2.87. The summed E-state index contributed by atoms with van der Waals surface area (Å²) in [7, 11) is 0. The number of carbonyl (C=O) groups is 1. The van der Waals surface area contributed by atoms with Gasteiger partial charge in [0.25, 0.3) is 0 Å². The van der Waals surface area contributed by atoms with Crippen molar-refractivity contribution in [3.63, 3.8) is 0 Å². The molecule has 8 heteroatoms. The number of cyclic esters (lactones) is 1. The largest absolute Gasteiger partial charge is 0.447 e. The highest BCUT2D eigenvalue weighted by atomic mass is 19.3. The van der Waals surface area contributed by atoms with E-state index in [0.29, 0.717) is 16.8 Å². The Morgan fingerprint density at radius 2 is 2.11 bits per heavy atom. The molecule has 1 aliphatic rings. The Kier molecular flexibility index (Phi) is 4.49. The molecular weight excluding hydrogens is 371 g/mol. The molecule has 0 unspecified atom stereocenters. The minimum atomic E-state index is -2.85. The van der Waals surface area contributed by atoms with Gasteiger partial charge in [0, 0.05) is 6.42 Å². The molecule has 1 aliphatic heterocycles. The quantitative estimate of drug-likeness (QED) is 0.669. The molecule has 4 rings (SSSR count). The van der Waals surface area contributed by atoms with Crippen LogP contribution in [0, 0.1) is 5.82 Å².